The van der Waals surface area contributed by atoms with E-state index < -0.39 is 10.4 Å². The number of ether oxygens (including phenoxy) is 1. The summed E-state index contributed by atoms with van der Waals surface area (Å²) in [5.74, 6) is 0.322. The minimum atomic E-state index is -4.51. The fourth-order valence-corrected chi connectivity index (χ4v) is 1.03. The van der Waals surface area contributed by atoms with Crippen molar-refractivity contribution < 1.29 is 56.6 Å². The fraction of sp³-hybridized carbons (Fsp3) is 0.385. The van der Waals surface area contributed by atoms with Gasteiger partial charge >= 0.3 is 29.6 Å². The smallest absolute Gasteiger partial charge is 0.726 e. The molecule has 1 aromatic carbocycles. The van der Waals surface area contributed by atoms with Crippen LogP contribution in [0.1, 0.15) is 13.8 Å². The molecule has 116 valence electrons. The van der Waals surface area contributed by atoms with Gasteiger partial charge in [-0.3, -0.25) is 4.18 Å². The molecule has 0 spiro atoms. The van der Waals surface area contributed by atoms with Crippen LogP contribution in [0.3, 0.4) is 0 Å². The largest absolute Gasteiger partial charge is 1.00 e. The van der Waals surface area contributed by atoms with Crippen LogP contribution in [-0.2, 0) is 19.3 Å². The molecular formula is C13H21NaO6S. The Morgan fingerprint density at radius 1 is 1.24 bits per heavy atom. The molecule has 21 heavy (non-hydrogen) atoms. The van der Waals surface area contributed by atoms with Gasteiger partial charge in [0, 0.05) is 13.2 Å². The molecule has 0 amide bonds. The maximum absolute atomic E-state index is 9.56. The van der Waals surface area contributed by atoms with Crippen LogP contribution < -0.4 is 29.6 Å². The fourth-order valence-electron chi connectivity index (χ4n) is 0.764. The summed E-state index contributed by atoms with van der Waals surface area (Å²) in [6.07, 6.45) is 1.18. The van der Waals surface area contributed by atoms with E-state index in [1.165, 1.54) is 6.08 Å². The van der Waals surface area contributed by atoms with Crippen molar-refractivity contribution in [1.82, 2.24) is 0 Å². The number of para-hydroxylation sites is 1. The Labute approximate surface area is 149 Å². The molecule has 0 aliphatic rings. The van der Waals surface area contributed by atoms with E-state index in [1.807, 2.05) is 19.9 Å². The first-order valence-corrected chi connectivity index (χ1v) is 7.23. The quantitative estimate of drug-likeness (QED) is 0.325. The molecule has 0 aliphatic heterocycles. The Hall–Kier alpha value is -0.410. The maximum atomic E-state index is 9.56. The van der Waals surface area contributed by atoms with E-state index in [0.29, 0.717) is 5.75 Å². The molecule has 8 heteroatoms. The van der Waals surface area contributed by atoms with Gasteiger partial charge in [0.25, 0.3) is 0 Å². The van der Waals surface area contributed by atoms with Crippen LogP contribution in [0.15, 0.2) is 43.0 Å². The van der Waals surface area contributed by atoms with E-state index >= 15 is 0 Å². The third kappa shape index (κ3) is 28.5. The van der Waals surface area contributed by atoms with Crippen molar-refractivity contribution in [3.05, 3.63) is 43.0 Å². The first kappa shape index (κ1) is 25.5. The summed E-state index contributed by atoms with van der Waals surface area (Å²) in [5, 5.41) is 8.63. The molecule has 0 aromatic heterocycles. The molecule has 1 aromatic rings. The standard InChI is InChI=1S/C6H6O.C4H10O.C3H6O4S.Na/c7-6-4-2-1-3-5-6;1-3-5-4-2;1-2-3-7-8(4,5)6;/h1-5,7H;3-4H2,1-2H3;2H,1,3H2,(H,4,5,6);/q;;;+1/p-1. The molecule has 0 radical (unpaired) electrons. The SMILES string of the molecule is C=CCOS(=O)(=O)[O-].CCOCC.Oc1ccccc1.[Na+]. The van der Waals surface area contributed by atoms with Gasteiger partial charge in [-0.15, -0.1) is 6.58 Å². The summed E-state index contributed by atoms with van der Waals surface area (Å²) in [4.78, 5) is 0. The van der Waals surface area contributed by atoms with Crippen LogP contribution in [-0.4, -0.2) is 37.9 Å². The zero-order valence-corrected chi connectivity index (χ0v) is 15.5. The molecule has 0 saturated carbocycles. The van der Waals surface area contributed by atoms with Gasteiger partial charge in [0.2, 0.25) is 10.4 Å². The minimum absolute atomic E-state index is 0. The van der Waals surface area contributed by atoms with Gasteiger partial charge in [0.05, 0.1) is 6.61 Å². The molecular weight excluding hydrogens is 307 g/mol. The van der Waals surface area contributed by atoms with E-state index in [-0.39, 0.29) is 36.2 Å². The molecule has 0 bridgehead atoms. The average Bonchev–Trinajstić information content (AvgIpc) is 2.39. The molecule has 0 fully saturated rings. The Kier molecular flexibility index (Phi) is 21.5. The van der Waals surface area contributed by atoms with Crippen molar-refractivity contribution in [3.63, 3.8) is 0 Å². The number of rotatable bonds is 5. The number of hydrogen-bond acceptors (Lipinski definition) is 6. The second-order valence-corrected chi connectivity index (χ2v) is 4.15. The third-order valence-corrected chi connectivity index (χ3v) is 1.92. The van der Waals surface area contributed by atoms with Crippen LogP contribution in [0.5, 0.6) is 5.75 Å². The Morgan fingerprint density at radius 3 is 1.86 bits per heavy atom. The molecule has 1 N–H and O–H groups in total. The number of phenolic OH excluding ortho intramolecular Hbond substituents is 1. The van der Waals surface area contributed by atoms with Gasteiger partial charge in [0.1, 0.15) is 5.75 Å². The van der Waals surface area contributed by atoms with Crippen LogP contribution in [0.4, 0.5) is 0 Å². The number of aromatic hydroxyl groups is 1. The second kappa shape index (κ2) is 17.6. The first-order chi connectivity index (χ1) is 9.37. The Bertz CT molecular complexity index is 420. The summed E-state index contributed by atoms with van der Waals surface area (Å²) in [7, 11) is -4.51. The van der Waals surface area contributed by atoms with Crippen molar-refractivity contribution in [3.8, 4) is 5.75 Å². The van der Waals surface area contributed by atoms with Crippen LogP contribution in [0.2, 0.25) is 0 Å². The molecule has 0 unspecified atom stereocenters. The van der Waals surface area contributed by atoms with Gasteiger partial charge in [0.15, 0.2) is 0 Å². The van der Waals surface area contributed by atoms with Crippen molar-refractivity contribution >= 4 is 10.4 Å². The monoisotopic (exact) mass is 328 g/mol. The molecule has 0 aliphatic carbocycles. The van der Waals surface area contributed by atoms with Gasteiger partial charge in [-0.2, -0.15) is 0 Å². The summed E-state index contributed by atoms with van der Waals surface area (Å²) in [5.41, 5.74) is 0. The van der Waals surface area contributed by atoms with Crippen molar-refractivity contribution in [1.29, 1.82) is 0 Å². The van der Waals surface area contributed by atoms with Crippen LogP contribution in [0.25, 0.3) is 0 Å². The zero-order chi connectivity index (χ0) is 15.9. The summed E-state index contributed by atoms with van der Waals surface area (Å²) < 4.78 is 37.2. The summed E-state index contributed by atoms with van der Waals surface area (Å²) in [6, 6.07) is 8.71. The minimum Gasteiger partial charge on any atom is -0.726 e. The van der Waals surface area contributed by atoms with Crippen LogP contribution in [0, 0.1) is 0 Å². The van der Waals surface area contributed by atoms with Crippen molar-refractivity contribution in [2.75, 3.05) is 19.8 Å². The maximum Gasteiger partial charge on any atom is 1.00 e. The zero-order valence-electron chi connectivity index (χ0n) is 12.7. The predicted octanol–water partition coefficient (Wildman–Crippen LogP) is -0.912. The molecule has 0 heterocycles. The van der Waals surface area contributed by atoms with E-state index in [4.69, 9.17) is 9.84 Å². The Morgan fingerprint density at radius 2 is 1.71 bits per heavy atom. The molecule has 0 saturated heterocycles. The van der Waals surface area contributed by atoms with Crippen molar-refractivity contribution in [2.45, 2.75) is 13.8 Å². The van der Waals surface area contributed by atoms with Crippen molar-refractivity contribution in [2.24, 2.45) is 0 Å². The molecule has 6 nitrogen and oxygen atoms in total. The average molecular weight is 328 g/mol. The third-order valence-electron chi connectivity index (χ3n) is 1.49. The number of phenols is 1. The second-order valence-electron chi connectivity index (χ2n) is 3.10. The first-order valence-electron chi connectivity index (χ1n) is 5.90. The van der Waals surface area contributed by atoms with Gasteiger partial charge in [-0.25, -0.2) is 8.42 Å². The predicted molar refractivity (Wildman–Crippen MR) is 76.1 cm³/mol. The summed E-state index contributed by atoms with van der Waals surface area (Å²) in [6.45, 7) is 8.54. The van der Waals surface area contributed by atoms with E-state index in [2.05, 4.69) is 10.8 Å². The van der Waals surface area contributed by atoms with Gasteiger partial charge < -0.3 is 14.4 Å². The Balaban J connectivity index is -0.000000232. The van der Waals surface area contributed by atoms with Gasteiger partial charge in [-0.1, -0.05) is 24.3 Å². The van der Waals surface area contributed by atoms with E-state index in [0.717, 1.165) is 13.2 Å². The van der Waals surface area contributed by atoms with Crippen LogP contribution >= 0.6 is 0 Å². The summed E-state index contributed by atoms with van der Waals surface area (Å²) >= 11 is 0. The normalized spacial score (nSPS) is 9.10. The van der Waals surface area contributed by atoms with E-state index in [9.17, 15) is 13.0 Å². The van der Waals surface area contributed by atoms with Gasteiger partial charge in [-0.05, 0) is 26.0 Å². The molecule has 1 rings (SSSR count). The topological polar surface area (TPSA) is 95.9 Å². The molecule has 0 atom stereocenters. The number of benzene rings is 1. The number of hydrogen-bond donors (Lipinski definition) is 1. The van der Waals surface area contributed by atoms with E-state index in [1.54, 1.807) is 24.3 Å².